The number of piperidine rings is 1. The van der Waals surface area contributed by atoms with E-state index in [9.17, 15) is 0 Å². The van der Waals surface area contributed by atoms with Crippen LogP contribution in [0.4, 0.5) is 5.82 Å². The van der Waals surface area contributed by atoms with Crippen LogP contribution in [0.2, 0.25) is 0 Å². The SMILES string of the molecule is C=C(Cl)c1c(C2CCNCC2)c[nH]c1/N=C\C.CC. The molecule has 1 fully saturated rings. The largest absolute Gasteiger partial charge is 0.346 e. The number of halogens is 1. The highest BCUT2D eigenvalue weighted by atomic mass is 35.5. The number of hydrogen-bond acceptors (Lipinski definition) is 2. The van der Waals surface area contributed by atoms with Crippen molar-refractivity contribution in [3.8, 4) is 0 Å². The molecule has 0 amide bonds. The van der Waals surface area contributed by atoms with E-state index in [2.05, 4.69) is 21.9 Å². The molecule has 106 valence electrons. The first-order chi connectivity index (χ1) is 9.24. The van der Waals surface area contributed by atoms with Crippen LogP contribution in [0.15, 0.2) is 17.8 Å². The number of nitrogens with one attached hydrogen (secondary N) is 2. The lowest BCUT2D eigenvalue weighted by Gasteiger charge is -2.23. The summed E-state index contributed by atoms with van der Waals surface area (Å²) < 4.78 is 0. The van der Waals surface area contributed by atoms with Crippen molar-refractivity contribution in [2.75, 3.05) is 13.1 Å². The van der Waals surface area contributed by atoms with Crippen molar-refractivity contribution in [2.24, 2.45) is 4.99 Å². The summed E-state index contributed by atoms with van der Waals surface area (Å²) in [7, 11) is 0. The molecular formula is C15H24ClN3. The molecule has 0 saturated carbocycles. The zero-order valence-corrected chi connectivity index (χ0v) is 12.8. The molecule has 0 radical (unpaired) electrons. The zero-order valence-electron chi connectivity index (χ0n) is 12.1. The van der Waals surface area contributed by atoms with E-state index in [1.165, 1.54) is 5.56 Å². The number of rotatable bonds is 3. The van der Waals surface area contributed by atoms with Gasteiger partial charge in [-0.3, -0.25) is 0 Å². The first kappa shape index (κ1) is 16.0. The van der Waals surface area contributed by atoms with Crippen LogP contribution in [0.25, 0.3) is 5.03 Å². The predicted octanol–water partition coefficient (Wildman–Crippen LogP) is 4.44. The van der Waals surface area contributed by atoms with Crippen LogP contribution in [0.1, 0.15) is 50.7 Å². The molecule has 0 aromatic carbocycles. The Labute approximate surface area is 121 Å². The van der Waals surface area contributed by atoms with Gasteiger partial charge in [0.2, 0.25) is 0 Å². The van der Waals surface area contributed by atoms with Crippen molar-refractivity contribution in [3.05, 3.63) is 23.9 Å². The summed E-state index contributed by atoms with van der Waals surface area (Å²) in [5.74, 6) is 1.37. The van der Waals surface area contributed by atoms with Crippen molar-refractivity contribution in [3.63, 3.8) is 0 Å². The number of aliphatic imine (C=N–C) groups is 1. The second-order valence-electron chi connectivity index (χ2n) is 4.28. The highest BCUT2D eigenvalue weighted by Crippen LogP contribution is 2.37. The van der Waals surface area contributed by atoms with Gasteiger partial charge in [-0.15, -0.1) is 0 Å². The lowest BCUT2D eigenvalue weighted by atomic mass is 9.89. The minimum absolute atomic E-state index is 0.554. The minimum Gasteiger partial charge on any atom is -0.346 e. The Morgan fingerprint density at radius 1 is 1.42 bits per heavy atom. The summed E-state index contributed by atoms with van der Waals surface area (Å²) in [5, 5.41) is 3.94. The van der Waals surface area contributed by atoms with E-state index in [-0.39, 0.29) is 0 Å². The van der Waals surface area contributed by atoms with Gasteiger partial charge in [0.25, 0.3) is 0 Å². The topological polar surface area (TPSA) is 40.2 Å². The lowest BCUT2D eigenvalue weighted by Crippen LogP contribution is -2.26. The van der Waals surface area contributed by atoms with Gasteiger partial charge in [-0.25, -0.2) is 4.99 Å². The number of hydrogen-bond donors (Lipinski definition) is 2. The van der Waals surface area contributed by atoms with E-state index in [1.54, 1.807) is 6.21 Å². The minimum atomic E-state index is 0.554. The third-order valence-corrected chi connectivity index (χ3v) is 3.39. The molecule has 2 rings (SSSR count). The first-order valence-electron chi connectivity index (χ1n) is 6.99. The molecule has 1 aromatic heterocycles. The molecule has 1 aliphatic rings. The fourth-order valence-electron chi connectivity index (χ4n) is 2.40. The standard InChI is InChI=1S/C13H18ClN3.C2H6/c1-3-16-13-12(9(2)14)11(8-17-13)10-4-6-15-7-5-10;1-2/h3,8,10,15,17H,2,4-7H2,1H3;1-2H3/b16-3-;. The molecule has 1 saturated heterocycles. The van der Waals surface area contributed by atoms with Gasteiger partial charge in [0.1, 0.15) is 5.82 Å². The summed E-state index contributed by atoms with van der Waals surface area (Å²) in [5.41, 5.74) is 2.24. The van der Waals surface area contributed by atoms with Crippen LogP contribution in [0.5, 0.6) is 0 Å². The van der Waals surface area contributed by atoms with Crippen molar-refractivity contribution >= 4 is 28.7 Å². The molecule has 1 aromatic rings. The second kappa shape index (κ2) is 8.18. The molecular weight excluding hydrogens is 258 g/mol. The van der Waals surface area contributed by atoms with Crippen LogP contribution in [-0.4, -0.2) is 24.3 Å². The van der Waals surface area contributed by atoms with E-state index in [0.29, 0.717) is 11.0 Å². The van der Waals surface area contributed by atoms with Crippen molar-refractivity contribution in [1.29, 1.82) is 0 Å². The van der Waals surface area contributed by atoms with E-state index < -0.39 is 0 Å². The summed E-state index contributed by atoms with van der Waals surface area (Å²) in [4.78, 5) is 7.49. The molecule has 0 spiro atoms. The normalized spacial score (nSPS) is 16.2. The molecule has 0 bridgehead atoms. The van der Waals surface area contributed by atoms with Gasteiger partial charge in [0.15, 0.2) is 0 Å². The number of aromatic amines is 1. The van der Waals surface area contributed by atoms with Crippen LogP contribution in [0, 0.1) is 0 Å². The summed E-state index contributed by atoms with van der Waals surface area (Å²) >= 11 is 6.11. The molecule has 2 N–H and O–H groups in total. The molecule has 0 atom stereocenters. The fraction of sp³-hybridized carbons (Fsp3) is 0.533. The maximum atomic E-state index is 6.11. The van der Waals surface area contributed by atoms with Gasteiger partial charge in [-0.1, -0.05) is 32.0 Å². The molecule has 1 aliphatic heterocycles. The number of nitrogens with zero attached hydrogens (tertiary/aromatic N) is 1. The Kier molecular flexibility index (Phi) is 6.89. The Morgan fingerprint density at radius 3 is 2.58 bits per heavy atom. The molecule has 19 heavy (non-hydrogen) atoms. The Balaban J connectivity index is 0.000000861. The Morgan fingerprint density at radius 2 is 2.05 bits per heavy atom. The van der Waals surface area contributed by atoms with Crippen molar-refractivity contribution < 1.29 is 0 Å². The van der Waals surface area contributed by atoms with E-state index >= 15 is 0 Å². The van der Waals surface area contributed by atoms with Gasteiger partial charge >= 0.3 is 0 Å². The Hall–Kier alpha value is -1.06. The molecule has 3 nitrogen and oxygen atoms in total. The molecule has 0 unspecified atom stereocenters. The van der Waals surface area contributed by atoms with Gasteiger partial charge in [0, 0.05) is 23.0 Å². The molecule has 2 heterocycles. The van der Waals surface area contributed by atoms with Crippen LogP contribution in [-0.2, 0) is 0 Å². The molecule has 4 heteroatoms. The van der Waals surface area contributed by atoms with E-state index in [1.807, 2.05) is 27.0 Å². The van der Waals surface area contributed by atoms with Gasteiger partial charge < -0.3 is 10.3 Å². The monoisotopic (exact) mass is 281 g/mol. The van der Waals surface area contributed by atoms with Crippen LogP contribution >= 0.6 is 11.6 Å². The van der Waals surface area contributed by atoms with Gasteiger partial charge in [-0.2, -0.15) is 0 Å². The predicted molar refractivity (Wildman–Crippen MR) is 85.7 cm³/mol. The number of aromatic nitrogens is 1. The average molecular weight is 282 g/mol. The zero-order chi connectivity index (χ0) is 14.3. The van der Waals surface area contributed by atoms with Crippen molar-refractivity contribution in [2.45, 2.75) is 39.5 Å². The van der Waals surface area contributed by atoms with Crippen LogP contribution in [0.3, 0.4) is 0 Å². The summed E-state index contributed by atoms with van der Waals surface area (Å²) in [6, 6.07) is 0. The third-order valence-electron chi connectivity index (χ3n) is 3.20. The lowest BCUT2D eigenvalue weighted by molar-refractivity contribution is 0.460. The van der Waals surface area contributed by atoms with E-state index in [0.717, 1.165) is 37.3 Å². The average Bonchev–Trinajstić information content (AvgIpc) is 2.86. The van der Waals surface area contributed by atoms with Gasteiger partial charge in [0.05, 0.1) is 0 Å². The summed E-state index contributed by atoms with van der Waals surface area (Å²) in [6.45, 7) is 11.9. The third kappa shape index (κ3) is 3.95. The smallest absolute Gasteiger partial charge is 0.138 e. The van der Waals surface area contributed by atoms with Crippen LogP contribution < -0.4 is 5.32 Å². The fourth-order valence-corrected chi connectivity index (χ4v) is 2.60. The van der Waals surface area contributed by atoms with Gasteiger partial charge in [-0.05, 0) is 44.3 Å². The molecule has 0 aliphatic carbocycles. The van der Waals surface area contributed by atoms with Crippen molar-refractivity contribution in [1.82, 2.24) is 10.3 Å². The van der Waals surface area contributed by atoms with E-state index in [4.69, 9.17) is 11.6 Å². The first-order valence-corrected chi connectivity index (χ1v) is 7.37. The number of H-pyrrole nitrogens is 1. The summed E-state index contributed by atoms with van der Waals surface area (Å²) in [6.07, 6.45) is 6.08. The second-order valence-corrected chi connectivity index (χ2v) is 4.74. The Bertz CT molecular complexity index is 429. The maximum Gasteiger partial charge on any atom is 0.138 e. The highest BCUT2D eigenvalue weighted by Gasteiger charge is 2.22. The quantitative estimate of drug-likeness (QED) is 0.790. The maximum absolute atomic E-state index is 6.11. The highest BCUT2D eigenvalue weighted by molar-refractivity contribution is 6.49.